The normalized spacial score (nSPS) is 21.1. The van der Waals surface area contributed by atoms with Crippen molar-refractivity contribution in [1.29, 1.82) is 0 Å². The van der Waals surface area contributed by atoms with E-state index in [2.05, 4.69) is 0 Å². The van der Waals surface area contributed by atoms with Crippen molar-refractivity contribution in [2.45, 2.75) is 37.6 Å². The SMILES string of the molecule is Cc1ccc(S(=O)(=O)N2CCN(C(=O)CN3CCCC3C(=O)N(C)C)CC2)cc1C. The van der Waals surface area contributed by atoms with Crippen LogP contribution in [0.15, 0.2) is 23.1 Å². The molecule has 0 spiro atoms. The zero-order chi connectivity index (χ0) is 22.1. The van der Waals surface area contributed by atoms with Gasteiger partial charge in [0.2, 0.25) is 21.8 Å². The van der Waals surface area contributed by atoms with E-state index in [4.69, 9.17) is 0 Å². The molecule has 3 rings (SSSR count). The number of likely N-dealkylation sites (tertiary alicyclic amines) is 1. The Bertz CT molecular complexity index is 908. The van der Waals surface area contributed by atoms with Gasteiger partial charge in [0.25, 0.3) is 0 Å². The lowest BCUT2D eigenvalue weighted by Gasteiger charge is -2.35. The molecular formula is C21H32N4O4S. The van der Waals surface area contributed by atoms with E-state index in [1.807, 2.05) is 24.8 Å². The molecule has 30 heavy (non-hydrogen) atoms. The van der Waals surface area contributed by atoms with Crippen LogP contribution in [-0.2, 0) is 19.6 Å². The van der Waals surface area contributed by atoms with Crippen molar-refractivity contribution in [3.8, 4) is 0 Å². The highest BCUT2D eigenvalue weighted by Crippen LogP contribution is 2.22. The molecule has 9 heteroatoms. The summed E-state index contributed by atoms with van der Waals surface area (Å²) in [5.74, 6) is -0.0127. The van der Waals surface area contributed by atoms with Crippen molar-refractivity contribution in [1.82, 2.24) is 19.0 Å². The maximum atomic E-state index is 13.0. The highest BCUT2D eigenvalue weighted by molar-refractivity contribution is 7.89. The monoisotopic (exact) mass is 436 g/mol. The number of likely N-dealkylation sites (N-methyl/N-ethyl adjacent to an activating group) is 1. The third-order valence-electron chi connectivity index (χ3n) is 6.14. The second-order valence-corrected chi connectivity index (χ2v) is 10.3. The number of carbonyl (C=O) groups excluding carboxylic acids is 2. The molecule has 0 bridgehead atoms. The highest BCUT2D eigenvalue weighted by atomic mass is 32.2. The van der Waals surface area contributed by atoms with Gasteiger partial charge in [-0.2, -0.15) is 4.31 Å². The van der Waals surface area contributed by atoms with Gasteiger partial charge in [-0.05, 0) is 56.5 Å². The molecule has 1 aromatic rings. The summed E-state index contributed by atoms with van der Waals surface area (Å²) in [5.41, 5.74) is 2.00. The number of piperazine rings is 1. The molecule has 2 fully saturated rings. The molecule has 1 aromatic carbocycles. The first-order valence-corrected chi connectivity index (χ1v) is 11.9. The number of hydrogen-bond donors (Lipinski definition) is 0. The summed E-state index contributed by atoms with van der Waals surface area (Å²) in [6, 6.07) is 4.93. The molecule has 1 unspecified atom stereocenters. The molecule has 1 atom stereocenters. The second kappa shape index (κ2) is 9.03. The largest absolute Gasteiger partial charge is 0.347 e. The lowest BCUT2D eigenvalue weighted by molar-refractivity contribution is -0.137. The molecule has 2 aliphatic rings. The summed E-state index contributed by atoms with van der Waals surface area (Å²) in [6.07, 6.45) is 1.67. The molecule has 0 aromatic heterocycles. The van der Waals surface area contributed by atoms with Crippen molar-refractivity contribution >= 4 is 21.8 Å². The smallest absolute Gasteiger partial charge is 0.243 e. The van der Waals surface area contributed by atoms with Gasteiger partial charge in [-0.15, -0.1) is 0 Å². The van der Waals surface area contributed by atoms with Crippen LogP contribution in [0.4, 0.5) is 0 Å². The first-order chi connectivity index (χ1) is 14.1. The molecule has 0 aliphatic carbocycles. The van der Waals surface area contributed by atoms with Crippen molar-refractivity contribution in [3.63, 3.8) is 0 Å². The number of hydrogen-bond acceptors (Lipinski definition) is 5. The van der Waals surface area contributed by atoms with Gasteiger partial charge in [0.1, 0.15) is 0 Å². The van der Waals surface area contributed by atoms with Gasteiger partial charge in [0.15, 0.2) is 0 Å². The Labute approximate surface area is 179 Å². The van der Waals surface area contributed by atoms with Crippen LogP contribution in [0.25, 0.3) is 0 Å². The fraction of sp³-hybridized carbons (Fsp3) is 0.619. The van der Waals surface area contributed by atoms with Crippen LogP contribution < -0.4 is 0 Å². The van der Waals surface area contributed by atoms with Gasteiger partial charge >= 0.3 is 0 Å². The van der Waals surface area contributed by atoms with E-state index in [9.17, 15) is 18.0 Å². The van der Waals surface area contributed by atoms with E-state index >= 15 is 0 Å². The maximum Gasteiger partial charge on any atom is 0.243 e. The average molecular weight is 437 g/mol. The number of sulfonamides is 1. The van der Waals surface area contributed by atoms with Crippen LogP contribution >= 0.6 is 0 Å². The fourth-order valence-corrected chi connectivity index (χ4v) is 5.58. The summed E-state index contributed by atoms with van der Waals surface area (Å²) < 4.78 is 27.4. The molecule has 2 amide bonds. The van der Waals surface area contributed by atoms with Crippen LogP contribution in [0, 0.1) is 13.8 Å². The Hall–Kier alpha value is -1.97. The third-order valence-corrected chi connectivity index (χ3v) is 8.03. The highest BCUT2D eigenvalue weighted by Gasteiger charge is 2.35. The zero-order valence-electron chi connectivity index (χ0n) is 18.3. The van der Waals surface area contributed by atoms with E-state index in [1.54, 1.807) is 36.0 Å². The minimum atomic E-state index is -3.57. The first kappa shape index (κ1) is 22.7. The van der Waals surface area contributed by atoms with Crippen LogP contribution in [0.2, 0.25) is 0 Å². The van der Waals surface area contributed by atoms with Gasteiger partial charge in [0.05, 0.1) is 17.5 Å². The molecule has 0 saturated carbocycles. The molecule has 0 radical (unpaired) electrons. The van der Waals surface area contributed by atoms with Gasteiger partial charge in [-0.3, -0.25) is 14.5 Å². The fourth-order valence-electron chi connectivity index (χ4n) is 4.07. The van der Waals surface area contributed by atoms with Crippen LogP contribution in [-0.4, -0.2) is 98.6 Å². The van der Waals surface area contributed by atoms with Crippen LogP contribution in [0.5, 0.6) is 0 Å². The summed E-state index contributed by atoms with van der Waals surface area (Å²) >= 11 is 0. The Morgan fingerprint density at radius 1 is 1.03 bits per heavy atom. The Morgan fingerprint density at radius 2 is 1.70 bits per heavy atom. The topological polar surface area (TPSA) is 81.2 Å². The minimum absolute atomic E-state index is 0.0320. The summed E-state index contributed by atoms with van der Waals surface area (Å²) in [7, 11) is -0.104. The van der Waals surface area contributed by atoms with Gasteiger partial charge in [-0.1, -0.05) is 6.07 Å². The third kappa shape index (κ3) is 4.68. The molecule has 166 valence electrons. The van der Waals surface area contributed by atoms with Crippen molar-refractivity contribution in [2.75, 3.05) is 53.4 Å². The van der Waals surface area contributed by atoms with Crippen LogP contribution in [0.3, 0.4) is 0 Å². The second-order valence-electron chi connectivity index (χ2n) is 8.39. The number of amides is 2. The molecular weight excluding hydrogens is 404 g/mol. The van der Waals surface area contributed by atoms with Crippen molar-refractivity contribution in [2.24, 2.45) is 0 Å². The van der Waals surface area contributed by atoms with Gasteiger partial charge < -0.3 is 9.80 Å². The quantitative estimate of drug-likeness (QED) is 0.678. The van der Waals surface area contributed by atoms with E-state index in [0.717, 1.165) is 30.5 Å². The summed E-state index contributed by atoms with van der Waals surface area (Å²) in [6.45, 7) is 6.07. The van der Waals surface area contributed by atoms with Crippen molar-refractivity contribution in [3.05, 3.63) is 29.3 Å². The molecule has 0 N–H and O–H groups in total. The van der Waals surface area contributed by atoms with Gasteiger partial charge in [-0.25, -0.2) is 8.42 Å². The van der Waals surface area contributed by atoms with E-state index in [0.29, 0.717) is 18.0 Å². The standard InChI is InChI=1S/C21H32N4O4S/c1-16-7-8-18(14-17(16)2)30(28,29)25-12-10-23(11-13-25)20(26)15-24-9-5-6-19(24)21(27)22(3)4/h7-8,14,19H,5-6,9-13,15H2,1-4H3. The Morgan fingerprint density at radius 3 is 2.30 bits per heavy atom. The molecule has 2 aliphatic heterocycles. The van der Waals surface area contributed by atoms with Crippen molar-refractivity contribution < 1.29 is 18.0 Å². The number of aryl methyl sites for hydroxylation is 2. The minimum Gasteiger partial charge on any atom is -0.347 e. The number of rotatable bonds is 5. The zero-order valence-corrected chi connectivity index (χ0v) is 19.1. The number of nitrogens with zero attached hydrogens (tertiary/aromatic N) is 4. The van der Waals surface area contributed by atoms with E-state index in [1.165, 1.54) is 4.31 Å². The van der Waals surface area contributed by atoms with Gasteiger partial charge in [0, 0.05) is 40.3 Å². The molecule has 2 saturated heterocycles. The average Bonchev–Trinajstić information content (AvgIpc) is 3.17. The predicted molar refractivity (Wildman–Crippen MR) is 115 cm³/mol. The summed E-state index contributed by atoms with van der Waals surface area (Å²) in [5, 5.41) is 0. The molecule has 8 nitrogen and oxygen atoms in total. The van der Waals surface area contributed by atoms with E-state index < -0.39 is 10.0 Å². The number of carbonyl (C=O) groups is 2. The summed E-state index contributed by atoms with van der Waals surface area (Å²) in [4.78, 5) is 30.7. The maximum absolute atomic E-state index is 13.0. The Kier molecular flexibility index (Phi) is 6.84. The Balaban J connectivity index is 1.59. The van der Waals surface area contributed by atoms with Crippen LogP contribution in [0.1, 0.15) is 24.0 Å². The lowest BCUT2D eigenvalue weighted by atomic mass is 10.1. The first-order valence-electron chi connectivity index (χ1n) is 10.4. The molecule has 2 heterocycles. The predicted octanol–water partition coefficient (Wildman–Crippen LogP) is 0.689. The lowest BCUT2D eigenvalue weighted by Crippen LogP contribution is -2.53. The van der Waals surface area contributed by atoms with E-state index in [-0.39, 0.29) is 37.5 Å². The number of benzene rings is 1.